The zero-order valence-corrected chi connectivity index (χ0v) is 10.8. The molecule has 1 aliphatic rings. The number of fused-ring (bicyclic) bond motifs is 1. The van der Waals surface area contributed by atoms with E-state index < -0.39 is 0 Å². The van der Waals surface area contributed by atoms with Gasteiger partial charge >= 0.3 is 0 Å². The van der Waals surface area contributed by atoms with Crippen LogP contribution in [0.25, 0.3) is 0 Å². The summed E-state index contributed by atoms with van der Waals surface area (Å²) in [5.74, 6) is 0.481. The molecule has 0 aliphatic carbocycles. The molecular weight excluding hydrogens is 260 g/mol. The van der Waals surface area contributed by atoms with Crippen molar-refractivity contribution in [2.45, 2.75) is 0 Å². The molecular formula is C14H11ClN4. The molecule has 0 bridgehead atoms. The Balaban J connectivity index is 2.21. The van der Waals surface area contributed by atoms with Gasteiger partial charge in [0.05, 0.1) is 23.6 Å². The van der Waals surface area contributed by atoms with E-state index in [1.54, 1.807) is 12.3 Å². The van der Waals surface area contributed by atoms with Crippen LogP contribution in [0.5, 0.6) is 0 Å². The lowest BCUT2D eigenvalue weighted by Crippen LogP contribution is -2.15. The summed E-state index contributed by atoms with van der Waals surface area (Å²) in [6, 6.07) is 11.2. The van der Waals surface area contributed by atoms with Crippen molar-refractivity contribution in [3.8, 4) is 0 Å². The second-order valence-corrected chi connectivity index (χ2v) is 4.58. The van der Waals surface area contributed by atoms with Crippen molar-refractivity contribution in [3.05, 3.63) is 58.9 Å². The van der Waals surface area contributed by atoms with E-state index in [4.69, 9.17) is 17.3 Å². The predicted molar refractivity (Wildman–Crippen MR) is 77.5 cm³/mol. The van der Waals surface area contributed by atoms with Crippen LogP contribution in [0, 0.1) is 0 Å². The normalized spacial score (nSPS) is 14.2. The Hall–Kier alpha value is -2.20. The topological polar surface area (TPSA) is 63.6 Å². The molecule has 19 heavy (non-hydrogen) atoms. The first-order valence-corrected chi connectivity index (χ1v) is 6.20. The number of hydrogen-bond acceptors (Lipinski definition) is 4. The third kappa shape index (κ3) is 2.35. The first-order valence-electron chi connectivity index (χ1n) is 5.83. The molecule has 94 valence electrons. The molecule has 0 unspecified atom stereocenters. The summed E-state index contributed by atoms with van der Waals surface area (Å²) in [6.07, 6.45) is 1.73. The monoisotopic (exact) mass is 270 g/mol. The molecule has 0 fully saturated rings. The average molecular weight is 271 g/mol. The van der Waals surface area contributed by atoms with E-state index in [1.807, 2.05) is 30.3 Å². The van der Waals surface area contributed by atoms with E-state index in [1.165, 1.54) is 0 Å². The molecule has 0 saturated heterocycles. The number of amidine groups is 1. The minimum atomic E-state index is 0.359. The standard InChI is InChI=1S/C14H11ClN4/c15-9-4-5-11-10(7-9)14(18-8-13(16)19-11)12-3-1-2-6-17-12/h1-7H,8H2,(H2,16,19). The van der Waals surface area contributed by atoms with Crippen molar-refractivity contribution >= 4 is 28.8 Å². The molecule has 1 aromatic heterocycles. The van der Waals surface area contributed by atoms with Gasteiger partial charge < -0.3 is 5.73 Å². The van der Waals surface area contributed by atoms with Crippen LogP contribution in [0.3, 0.4) is 0 Å². The molecule has 3 rings (SSSR count). The van der Waals surface area contributed by atoms with Gasteiger partial charge in [-0.3, -0.25) is 9.98 Å². The number of hydrogen-bond donors (Lipinski definition) is 1. The minimum absolute atomic E-state index is 0.359. The fraction of sp³-hybridized carbons (Fsp3) is 0.0714. The first kappa shape index (κ1) is 11.9. The Bertz CT molecular complexity index is 677. The number of aliphatic imine (C=N–C) groups is 2. The van der Waals surface area contributed by atoms with Crippen LogP contribution in [0.15, 0.2) is 52.6 Å². The fourth-order valence-electron chi connectivity index (χ4n) is 1.95. The molecule has 0 saturated carbocycles. The van der Waals surface area contributed by atoms with E-state index >= 15 is 0 Å². The van der Waals surface area contributed by atoms with E-state index in [0.29, 0.717) is 17.4 Å². The van der Waals surface area contributed by atoms with Crippen molar-refractivity contribution in [1.82, 2.24) is 4.98 Å². The smallest absolute Gasteiger partial charge is 0.121 e. The molecule has 2 heterocycles. The van der Waals surface area contributed by atoms with Gasteiger partial charge in [0, 0.05) is 16.8 Å². The maximum absolute atomic E-state index is 6.06. The summed E-state index contributed by atoms with van der Waals surface area (Å²) < 4.78 is 0. The van der Waals surface area contributed by atoms with Crippen LogP contribution >= 0.6 is 11.6 Å². The van der Waals surface area contributed by atoms with Crippen molar-refractivity contribution in [3.63, 3.8) is 0 Å². The molecule has 1 aromatic carbocycles. The van der Waals surface area contributed by atoms with Gasteiger partial charge in [-0.15, -0.1) is 0 Å². The number of halogens is 1. The number of pyridine rings is 1. The lowest BCUT2D eigenvalue weighted by Gasteiger charge is -2.07. The largest absolute Gasteiger partial charge is 0.386 e. The van der Waals surface area contributed by atoms with E-state index in [9.17, 15) is 0 Å². The van der Waals surface area contributed by atoms with Crippen LogP contribution in [0.4, 0.5) is 5.69 Å². The molecule has 0 radical (unpaired) electrons. The van der Waals surface area contributed by atoms with Crippen LogP contribution in [-0.2, 0) is 0 Å². The Morgan fingerprint density at radius 2 is 2.05 bits per heavy atom. The van der Waals surface area contributed by atoms with Crippen molar-refractivity contribution < 1.29 is 0 Å². The minimum Gasteiger partial charge on any atom is -0.386 e. The summed E-state index contributed by atoms with van der Waals surface area (Å²) in [6.45, 7) is 0.359. The highest BCUT2D eigenvalue weighted by atomic mass is 35.5. The molecule has 2 aromatic rings. The number of rotatable bonds is 1. The molecule has 4 nitrogen and oxygen atoms in total. The van der Waals surface area contributed by atoms with Gasteiger partial charge in [0.15, 0.2) is 0 Å². The summed E-state index contributed by atoms with van der Waals surface area (Å²) in [5, 5.41) is 0.637. The summed E-state index contributed by atoms with van der Waals surface area (Å²) in [4.78, 5) is 13.2. The maximum Gasteiger partial charge on any atom is 0.121 e. The van der Waals surface area contributed by atoms with Crippen LogP contribution in [0.2, 0.25) is 5.02 Å². The lowest BCUT2D eigenvalue weighted by molar-refractivity contribution is 1.23. The molecule has 5 heteroatoms. The van der Waals surface area contributed by atoms with Gasteiger partial charge in [0.2, 0.25) is 0 Å². The third-order valence-corrected chi connectivity index (χ3v) is 3.02. The number of benzene rings is 1. The van der Waals surface area contributed by atoms with E-state index in [-0.39, 0.29) is 0 Å². The molecule has 0 atom stereocenters. The van der Waals surface area contributed by atoms with Gasteiger partial charge in [-0.2, -0.15) is 0 Å². The summed E-state index contributed by atoms with van der Waals surface area (Å²) >= 11 is 6.06. The maximum atomic E-state index is 6.06. The summed E-state index contributed by atoms with van der Waals surface area (Å²) in [7, 11) is 0. The third-order valence-electron chi connectivity index (χ3n) is 2.78. The number of nitrogens with two attached hydrogens (primary N) is 1. The summed E-state index contributed by atoms with van der Waals surface area (Å²) in [5.41, 5.74) is 8.99. The fourth-order valence-corrected chi connectivity index (χ4v) is 2.12. The Morgan fingerprint density at radius 3 is 2.84 bits per heavy atom. The quantitative estimate of drug-likeness (QED) is 0.866. The number of aromatic nitrogens is 1. The van der Waals surface area contributed by atoms with E-state index in [0.717, 1.165) is 22.7 Å². The van der Waals surface area contributed by atoms with Gasteiger partial charge in [-0.25, -0.2) is 4.99 Å². The highest BCUT2D eigenvalue weighted by molar-refractivity contribution is 6.31. The zero-order chi connectivity index (χ0) is 13.2. The Labute approximate surface area is 115 Å². The highest BCUT2D eigenvalue weighted by Gasteiger charge is 2.16. The second kappa shape index (κ2) is 4.82. The zero-order valence-electron chi connectivity index (χ0n) is 10.0. The molecule has 0 amide bonds. The van der Waals surface area contributed by atoms with Crippen LogP contribution in [-0.4, -0.2) is 23.1 Å². The second-order valence-electron chi connectivity index (χ2n) is 4.14. The van der Waals surface area contributed by atoms with Crippen LogP contribution in [0.1, 0.15) is 11.3 Å². The van der Waals surface area contributed by atoms with Crippen molar-refractivity contribution in [2.75, 3.05) is 6.54 Å². The van der Waals surface area contributed by atoms with Gasteiger partial charge in [0.1, 0.15) is 5.84 Å². The van der Waals surface area contributed by atoms with Crippen LogP contribution < -0.4 is 5.73 Å². The van der Waals surface area contributed by atoms with Gasteiger partial charge in [0.25, 0.3) is 0 Å². The number of nitrogens with zero attached hydrogens (tertiary/aromatic N) is 3. The molecule has 2 N–H and O–H groups in total. The molecule has 0 spiro atoms. The SMILES string of the molecule is NC1=Nc2ccc(Cl)cc2C(c2ccccn2)=NC1. The molecule has 1 aliphatic heterocycles. The van der Waals surface area contributed by atoms with Gasteiger partial charge in [-0.05, 0) is 30.3 Å². The van der Waals surface area contributed by atoms with Gasteiger partial charge in [-0.1, -0.05) is 17.7 Å². The van der Waals surface area contributed by atoms with E-state index in [2.05, 4.69) is 15.0 Å². The predicted octanol–water partition coefficient (Wildman–Crippen LogP) is 2.57. The Morgan fingerprint density at radius 1 is 1.16 bits per heavy atom. The highest BCUT2D eigenvalue weighted by Crippen LogP contribution is 2.27. The average Bonchev–Trinajstić information content (AvgIpc) is 2.58. The van der Waals surface area contributed by atoms with Crippen molar-refractivity contribution in [2.24, 2.45) is 15.7 Å². The first-order chi connectivity index (χ1) is 9.24. The van der Waals surface area contributed by atoms with Crippen molar-refractivity contribution in [1.29, 1.82) is 0 Å². The Kier molecular flexibility index (Phi) is 3.01. The lowest BCUT2D eigenvalue weighted by atomic mass is 10.0.